The highest BCUT2D eigenvalue weighted by Crippen LogP contribution is 2.65. The van der Waals surface area contributed by atoms with E-state index in [2.05, 4.69) is 12.2 Å². The Labute approximate surface area is 113 Å². The Hall–Kier alpha value is -1.06. The Morgan fingerprint density at radius 2 is 1.79 bits per heavy atom. The largest absolute Gasteiger partial charge is 0.480 e. The molecule has 106 valence electrons. The number of carboxylic acids is 1. The van der Waals surface area contributed by atoms with Crippen LogP contribution in [0, 0.1) is 22.7 Å². The lowest BCUT2D eigenvalue weighted by Gasteiger charge is -2.60. The molecule has 4 fully saturated rings. The van der Waals surface area contributed by atoms with Crippen LogP contribution in [-0.4, -0.2) is 23.0 Å². The van der Waals surface area contributed by atoms with Gasteiger partial charge in [0.15, 0.2) is 0 Å². The smallest absolute Gasteiger partial charge is 0.325 e. The summed E-state index contributed by atoms with van der Waals surface area (Å²) in [6.07, 6.45) is 6.68. The van der Waals surface area contributed by atoms with Crippen molar-refractivity contribution in [1.29, 1.82) is 0 Å². The van der Waals surface area contributed by atoms with Crippen molar-refractivity contribution >= 4 is 11.9 Å². The van der Waals surface area contributed by atoms with Crippen molar-refractivity contribution in [2.24, 2.45) is 22.7 Å². The molecule has 4 heteroatoms. The van der Waals surface area contributed by atoms with E-state index in [0.717, 1.165) is 19.3 Å². The van der Waals surface area contributed by atoms with Gasteiger partial charge in [-0.05, 0) is 62.7 Å². The van der Waals surface area contributed by atoms with Gasteiger partial charge in [0.2, 0.25) is 5.91 Å². The molecule has 4 rings (SSSR count). The standard InChI is InChI=1S/C15H23NO3/c1-9(12(17)18)16-13(19)15-6-10-3-11(7-15)5-14(2,4-10)8-15/h9-11H,3-8H2,1-2H3,(H,16,19)(H,17,18)/t9-,10?,11?,14?,15?/m0/s1. The van der Waals surface area contributed by atoms with E-state index in [4.69, 9.17) is 5.11 Å². The number of carbonyl (C=O) groups excluding carboxylic acids is 1. The van der Waals surface area contributed by atoms with Crippen molar-refractivity contribution in [1.82, 2.24) is 5.32 Å². The van der Waals surface area contributed by atoms with E-state index in [1.807, 2.05) is 0 Å². The van der Waals surface area contributed by atoms with Crippen LogP contribution in [0.2, 0.25) is 0 Å². The maximum Gasteiger partial charge on any atom is 0.325 e. The van der Waals surface area contributed by atoms with Crippen molar-refractivity contribution < 1.29 is 14.7 Å². The average molecular weight is 265 g/mol. The summed E-state index contributed by atoms with van der Waals surface area (Å²) in [5, 5.41) is 11.7. The molecular formula is C15H23NO3. The van der Waals surface area contributed by atoms with Crippen LogP contribution >= 0.6 is 0 Å². The average Bonchev–Trinajstić information content (AvgIpc) is 2.24. The number of carbonyl (C=O) groups is 2. The Morgan fingerprint density at radius 3 is 2.26 bits per heavy atom. The molecule has 4 aliphatic carbocycles. The molecular weight excluding hydrogens is 242 g/mol. The van der Waals surface area contributed by atoms with E-state index in [9.17, 15) is 9.59 Å². The van der Waals surface area contributed by atoms with Gasteiger partial charge < -0.3 is 10.4 Å². The third kappa shape index (κ3) is 2.05. The number of amides is 1. The zero-order valence-corrected chi connectivity index (χ0v) is 11.7. The Kier molecular flexibility index (Phi) is 2.70. The fraction of sp³-hybridized carbons (Fsp3) is 0.867. The lowest BCUT2D eigenvalue weighted by Crippen LogP contribution is -2.58. The molecule has 1 amide bonds. The summed E-state index contributed by atoms with van der Waals surface area (Å²) in [7, 11) is 0. The maximum absolute atomic E-state index is 12.6. The van der Waals surface area contributed by atoms with Crippen LogP contribution in [0.25, 0.3) is 0 Å². The predicted octanol–water partition coefficient (Wildman–Crippen LogP) is 2.18. The summed E-state index contributed by atoms with van der Waals surface area (Å²) < 4.78 is 0. The molecule has 2 N–H and O–H groups in total. The van der Waals surface area contributed by atoms with Crippen molar-refractivity contribution in [2.75, 3.05) is 0 Å². The van der Waals surface area contributed by atoms with Crippen LogP contribution < -0.4 is 5.32 Å². The van der Waals surface area contributed by atoms with E-state index in [0.29, 0.717) is 17.3 Å². The predicted molar refractivity (Wildman–Crippen MR) is 70.5 cm³/mol. The molecule has 3 atom stereocenters. The third-order valence-electron chi connectivity index (χ3n) is 5.55. The molecule has 0 spiro atoms. The first-order valence-electron chi connectivity index (χ1n) is 7.36. The van der Waals surface area contributed by atoms with Gasteiger partial charge in [-0.15, -0.1) is 0 Å². The zero-order chi connectivity index (χ0) is 13.8. The first-order chi connectivity index (χ1) is 8.82. The Bertz CT molecular complexity index is 417. The molecule has 2 unspecified atom stereocenters. The minimum absolute atomic E-state index is 0.0114. The first kappa shape index (κ1) is 12.9. The first-order valence-corrected chi connectivity index (χ1v) is 7.36. The molecule has 4 saturated carbocycles. The van der Waals surface area contributed by atoms with Gasteiger partial charge in [-0.1, -0.05) is 6.92 Å². The molecule has 0 aromatic heterocycles. The summed E-state index contributed by atoms with van der Waals surface area (Å²) in [5.74, 6) is 0.390. The number of nitrogens with one attached hydrogen (secondary N) is 1. The van der Waals surface area contributed by atoms with Crippen LogP contribution in [0.1, 0.15) is 52.4 Å². The molecule has 0 heterocycles. The fourth-order valence-corrected chi connectivity index (χ4v) is 5.40. The highest BCUT2D eigenvalue weighted by Gasteiger charge is 2.58. The molecule has 19 heavy (non-hydrogen) atoms. The van der Waals surface area contributed by atoms with E-state index >= 15 is 0 Å². The molecule has 4 aliphatic rings. The second kappa shape index (κ2) is 3.97. The SMILES string of the molecule is C[C@H](NC(=O)C12CC3CC(CC(C)(C3)C1)C2)C(=O)O. The van der Waals surface area contributed by atoms with E-state index in [-0.39, 0.29) is 11.3 Å². The lowest BCUT2D eigenvalue weighted by atomic mass is 9.44. The summed E-state index contributed by atoms with van der Waals surface area (Å²) >= 11 is 0. The van der Waals surface area contributed by atoms with E-state index < -0.39 is 12.0 Å². The Balaban J connectivity index is 1.80. The fourth-order valence-electron chi connectivity index (χ4n) is 5.40. The zero-order valence-electron chi connectivity index (χ0n) is 11.7. The highest BCUT2D eigenvalue weighted by atomic mass is 16.4. The number of hydrogen-bond donors (Lipinski definition) is 2. The minimum Gasteiger partial charge on any atom is -0.480 e. The van der Waals surface area contributed by atoms with Crippen molar-refractivity contribution in [2.45, 2.75) is 58.4 Å². The van der Waals surface area contributed by atoms with Crippen molar-refractivity contribution in [3.8, 4) is 0 Å². The third-order valence-corrected chi connectivity index (χ3v) is 5.55. The van der Waals surface area contributed by atoms with Gasteiger partial charge in [-0.25, -0.2) is 0 Å². The molecule has 0 radical (unpaired) electrons. The van der Waals surface area contributed by atoms with Crippen molar-refractivity contribution in [3.05, 3.63) is 0 Å². The summed E-state index contributed by atoms with van der Waals surface area (Å²) in [4.78, 5) is 23.5. The second-order valence-electron chi connectivity index (χ2n) is 7.59. The topological polar surface area (TPSA) is 66.4 Å². The van der Waals surface area contributed by atoms with Gasteiger partial charge in [0.25, 0.3) is 0 Å². The lowest BCUT2D eigenvalue weighted by molar-refractivity contribution is -0.158. The molecule has 0 aromatic carbocycles. The van der Waals surface area contributed by atoms with Crippen LogP contribution in [0.3, 0.4) is 0 Å². The number of carboxylic acid groups (broad SMARTS) is 1. The molecule has 0 saturated heterocycles. The highest BCUT2D eigenvalue weighted by molar-refractivity contribution is 5.87. The van der Waals surface area contributed by atoms with Crippen LogP contribution in [0.5, 0.6) is 0 Å². The number of hydrogen-bond acceptors (Lipinski definition) is 2. The van der Waals surface area contributed by atoms with Gasteiger partial charge in [-0.3, -0.25) is 9.59 Å². The number of rotatable bonds is 3. The van der Waals surface area contributed by atoms with Gasteiger partial charge in [0.1, 0.15) is 6.04 Å². The molecule has 0 aliphatic heterocycles. The van der Waals surface area contributed by atoms with E-state index in [1.54, 1.807) is 6.92 Å². The Morgan fingerprint density at radius 1 is 1.21 bits per heavy atom. The van der Waals surface area contributed by atoms with Crippen LogP contribution in [0.15, 0.2) is 0 Å². The van der Waals surface area contributed by atoms with Gasteiger partial charge >= 0.3 is 5.97 Å². The second-order valence-corrected chi connectivity index (χ2v) is 7.59. The summed E-state index contributed by atoms with van der Waals surface area (Å²) in [6.45, 7) is 3.86. The van der Waals surface area contributed by atoms with Gasteiger partial charge in [-0.2, -0.15) is 0 Å². The molecule has 4 bridgehead atoms. The van der Waals surface area contributed by atoms with Crippen molar-refractivity contribution in [3.63, 3.8) is 0 Å². The quantitative estimate of drug-likeness (QED) is 0.822. The maximum atomic E-state index is 12.6. The monoisotopic (exact) mass is 265 g/mol. The number of aliphatic carboxylic acids is 1. The van der Waals surface area contributed by atoms with Crippen LogP contribution in [0.4, 0.5) is 0 Å². The molecule has 0 aromatic rings. The van der Waals surface area contributed by atoms with Crippen LogP contribution in [-0.2, 0) is 9.59 Å². The summed E-state index contributed by atoms with van der Waals surface area (Å²) in [6, 6.07) is -0.784. The van der Waals surface area contributed by atoms with E-state index in [1.165, 1.54) is 19.3 Å². The molecule has 4 nitrogen and oxygen atoms in total. The van der Waals surface area contributed by atoms with Gasteiger partial charge in [0, 0.05) is 0 Å². The summed E-state index contributed by atoms with van der Waals surface area (Å²) in [5.41, 5.74) is 0.0381. The minimum atomic E-state index is -0.954. The van der Waals surface area contributed by atoms with Gasteiger partial charge in [0.05, 0.1) is 5.41 Å². The normalized spacial score (nSPS) is 44.9.